The molecule has 25 heavy (non-hydrogen) atoms. The minimum Gasteiger partial charge on any atom is -0.349 e. The Balaban J connectivity index is 1.83. The molecule has 1 fully saturated rings. The topological polar surface area (TPSA) is 57.7 Å². The van der Waals surface area contributed by atoms with Gasteiger partial charge in [0.15, 0.2) is 0 Å². The van der Waals surface area contributed by atoms with Crippen LogP contribution in [0, 0.1) is 0 Å². The molecule has 1 amide bonds. The molecule has 1 saturated heterocycles. The number of rotatable bonds is 4. The van der Waals surface area contributed by atoms with Crippen LogP contribution in [0.3, 0.4) is 0 Å². The number of hydrogen-bond acceptors (Lipinski definition) is 3. The van der Waals surface area contributed by atoms with Crippen molar-refractivity contribution in [1.29, 1.82) is 0 Å². The average molecular weight is 365 g/mol. The first-order valence-corrected chi connectivity index (χ1v) is 10.7. The molecule has 1 atom stereocenters. The van der Waals surface area contributed by atoms with Crippen molar-refractivity contribution in [3.63, 3.8) is 0 Å². The molecule has 2 aliphatic rings. The van der Waals surface area contributed by atoms with Crippen molar-refractivity contribution >= 4 is 15.9 Å². The number of carbonyl (C=O) groups is 1. The first kappa shape index (κ1) is 18.4. The van der Waals surface area contributed by atoms with Gasteiger partial charge >= 0.3 is 0 Å². The number of amides is 1. The van der Waals surface area contributed by atoms with Crippen molar-refractivity contribution in [2.45, 2.75) is 43.9 Å². The lowest BCUT2D eigenvalue weighted by atomic mass is 9.73. The predicted octanol–water partition coefficient (Wildman–Crippen LogP) is 2.34. The summed E-state index contributed by atoms with van der Waals surface area (Å²) in [5, 5.41) is 0. The van der Waals surface area contributed by atoms with Crippen molar-refractivity contribution in [3.8, 4) is 0 Å². The van der Waals surface area contributed by atoms with Crippen molar-refractivity contribution in [2.75, 3.05) is 32.9 Å². The molecule has 0 saturated carbocycles. The molecule has 0 unspecified atom stereocenters. The van der Waals surface area contributed by atoms with E-state index < -0.39 is 10.0 Å². The highest BCUT2D eigenvalue weighted by Gasteiger charge is 2.46. The van der Waals surface area contributed by atoms with Crippen LogP contribution >= 0.6 is 0 Å². The van der Waals surface area contributed by atoms with Gasteiger partial charge in [-0.2, -0.15) is 0 Å². The minimum atomic E-state index is -3.12. The standard InChI is InChI=1S/C19H28N2O3S/c1-4-25(23,24)21-11-9-19(10-12-21)14-15(13-18(22)20(2)3)16-7-5-6-8-17(16)19/h5-8,15H,4,9-14H2,1-3H3/t15-/m0/s1. The smallest absolute Gasteiger partial charge is 0.222 e. The zero-order chi connectivity index (χ0) is 18.2. The van der Waals surface area contributed by atoms with Gasteiger partial charge in [0, 0.05) is 33.6 Å². The lowest BCUT2D eigenvalue weighted by Crippen LogP contribution is -2.44. The van der Waals surface area contributed by atoms with Crippen LogP contribution in [0.5, 0.6) is 0 Å². The van der Waals surface area contributed by atoms with E-state index in [0.29, 0.717) is 19.5 Å². The highest BCUT2D eigenvalue weighted by molar-refractivity contribution is 7.89. The number of benzene rings is 1. The Morgan fingerprint density at radius 3 is 2.48 bits per heavy atom. The number of nitrogens with zero attached hydrogens (tertiary/aromatic N) is 2. The number of sulfonamides is 1. The summed E-state index contributed by atoms with van der Waals surface area (Å²) in [6.07, 6.45) is 3.17. The summed E-state index contributed by atoms with van der Waals surface area (Å²) in [5.41, 5.74) is 2.64. The molecule has 1 aliphatic carbocycles. The van der Waals surface area contributed by atoms with Crippen LogP contribution in [-0.4, -0.2) is 56.5 Å². The molecule has 1 aromatic carbocycles. The Labute approximate surface area is 151 Å². The van der Waals surface area contributed by atoms with E-state index in [1.807, 2.05) is 6.07 Å². The quantitative estimate of drug-likeness (QED) is 0.824. The summed E-state index contributed by atoms with van der Waals surface area (Å²) in [4.78, 5) is 13.9. The van der Waals surface area contributed by atoms with Crippen LogP contribution in [-0.2, 0) is 20.2 Å². The van der Waals surface area contributed by atoms with Crippen LogP contribution < -0.4 is 0 Å². The van der Waals surface area contributed by atoms with Crippen LogP contribution in [0.4, 0.5) is 0 Å². The summed E-state index contributed by atoms with van der Waals surface area (Å²) >= 11 is 0. The van der Waals surface area contributed by atoms with E-state index in [4.69, 9.17) is 0 Å². The monoisotopic (exact) mass is 364 g/mol. The lowest BCUT2D eigenvalue weighted by Gasteiger charge is -2.39. The predicted molar refractivity (Wildman–Crippen MR) is 99.1 cm³/mol. The molecule has 138 valence electrons. The Bertz CT molecular complexity index is 750. The summed E-state index contributed by atoms with van der Waals surface area (Å²) in [5.74, 6) is 0.555. The van der Waals surface area contributed by atoms with Crippen molar-refractivity contribution in [1.82, 2.24) is 9.21 Å². The third-order valence-corrected chi connectivity index (χ3v) is 7.85. The van der Waals surface area contributed by atoms with E-state index in [1.165, 1.54) is 11.1 Å². The first-order chi connectivity index (χ1) is 11.8. The van der Waals surface area contributed by atoms with Crippen molar-refractivity contribution < 1.29 is 13.2 Å². The number of piperidine rings is 1. The molecule has 1 aromatic rings. The van der Waals surface area contributed by atoms with Gasteiger partial charge in [-0.05, 0) is 48.6 Å². The molecule has 1 heterocycles. The molecule has 5 nitrogen and oxygen atoms in total. The summed E-state index contributed by atoms with van der Waals surface area (Å²) in [6, 6.07) is 8.43. The maximum absolute atomic E-state index is 12.2. The molecule has 1 spiro atoms. The summed E-state index contributed by atoms with van der Waals surface area (Å²) < 4.78 is 26.0. The Hall–Kier alpha value is -1.40. The molecular weight excluding hydrogens is 336 g/mol. The van der Waals surface area contributed by atoms with Gasteiger partial charge in [-0.3, -0.25) is 4.79 Å². The Morgan fingerprint density at radius 2 is 1.88 bits per heavy atom. The van der Waals surface area contributed by atoms with Crippen molar-refractivity contribution in [2.24, 2.45) is 0 Å². The lowest BCUT2D eigenvalue weighted by molar-refractivity contribution is -0.129. The normalized spacial score (nSPS) is 22.8. The minimum absolute atomic E-state index is 0.0214. The van der Waals surface area contributed by atoms with Gasteiger partial charge < -0.3 is 4.90 Å². The first-order valence-electron chi connectivity index (χ1n) is 9.06. The fourth-order valence-corrected chi connectivity index (χ4v) is 5.56. The second-order valence-corrected chi connectivity index (χ2v) is 9.82. The number of fused-ring (bicyclic) bond motifs is 2. The highest BCUT2D eigenvalue weighted by atomic mass is 32.2. The zero-order valence-electron chi connectivity index (χ0n) is 15.4. The van der Waals surface area contributed by atoms with Crippen LogP contribution in [0.25, 0.3) is 0 Å². The van der Waals surface area contributed by atoms with Gasteiger partial charge in [-0.15, -0.1) is 0 Å². The molecule has 0 N–H and O–H groups in total. The summed E-state index contributed by atoms with van der Waals surface area (Å²) in [6.45, 7) is 2.87. The molecule has 0 aromatic heterocycles. The van der Waals surface area contributed by atoms with Gasteiger partial charge in [0.25, 0.3) is 0 Å². The fourth-order valence-electron chi connectivity index (χ4n) is 4.45. The van der Waals surface area contributed by atoms with E-state index in [-0.39, 0.29) is 23.0 Å². The third kappa shape index (κ3) is 3.34. The number of hydrogen-bond donors (Lipinski definition) is 0. The molecular formula is C19H28N2O3S. The second-order valence-electron chi connectivity index (χ2n) is 7.56. The van der Waals surface area contributed by atoms with Gasteiger partial charge in [0.2, 0.25) is 15.9 Å². The Kier molecular flexibility index (Phi) is 4.95. The van der Waals surface area contributed by atoms with E-state index in [2.05, 4.69) is 18.2 Å². The van der Waals surface area contributed by atoms with E-state index in [0.717, 1.165) is 19.3 Å². The van der Waals surface area contributed by atoms with Gasteiger partial charge in [-0.25, -0.2) is 12.7 Å². The van der Waals surface area contributed by atoms with Gasteiger partial charge in [0.05, 0.1) is 5.75 Å². The summed E-state index contributed by atoms with van der Waals surface area (Å²) in [7, 11) is 0.481. The van der Waals surface area contributed by atoms with Crippen LogP contribution in [0.2, 0.25) is 0 Å². The number of carbonyl (C=O) groups excluding carboxylic acids is 1. The van der Waals surface area contributed by atoms with E-state index in [9.17, 15) is 13.2 Å². The molecule has 0 radical (unpaired) electrons. The molecule has 6 heteroatoms. The largest absolute Gasteiger partial charge is 0.349 e. The zero-order valence-corrected chi connectivity index (χ0v) is 16.2. The SMILES string of the molecule is CCS(=O)(=O)N1CCC2(CC1)C[C@H](CC(=O)N(C)C)c1ccccc12. The second kappa shape index (κ2) is 6.72. The highest BCUT2D eigenvalue weighted by Crippen LogP contribution is 2.52. The van der Waals surface area contributed by atoms with Gasteiger partial charge in [-0.1, -0.05) is 24.3 Å². The third-order valence-electron chi connectivity index (χ3n) is 5.97. The maximum atomic E-state index is 12.2. The fraction of sp³-hybridized carbons (Fsp3) is 0.632. The van der Waals surface area contributed by atoms with E-state index >= 15 is 0 Å². The van der Waals surface area contributed by atoms with Gasteiger partial charge in [0.1, 0.15) is 0 Å². The van der Waals surface area contributed by atoms with Crippen LogP contribution in [0.15, 0.2) is 24.3 Å². The van der Waals surface area contributed by atoms with E-state index in [1.54, 1.807) is 30.2 Å². The Morgan fingerprint density at radius 1 is 1.24 bits per heavy atom. The maximum Gasteiger partial charge on any atom is 0.222 e. The average Bonchev–Trinajstić information content (AvgIpc) is 2.89. The molecule has 0 bridgehead atoms. The molecule has 3 rings (SSSR count). The van der Waals surface area contributed by atoms with Crippen molar-refractivity contribution in [3.05, 3.63) is 35.4 Å². The molecule has 1 aliphatic heterocycles. The van der Waals surface area contributed by atoms with Crippen LogP contribution in [0.1, 0.15) is 49.7 Å².